The van der Waals surface area contributed by atoms with Crippen molar-refractivity contribution in [1.82, 2.24) is 0 Å². The highest BCUT2D eigenvalue weighted by atomic mass is 32.1. The first kappa shape index (κ1) is 11.2. The molecule has 0 atom stereocenters. The monoisotopic (exact) mass is 254 g/mol. The van der Waals surface area contributed by atoms with Gasteiger partial charge in [0.05, 0.1) is 0 Å². The maximum atomic E-state index is 12.4. The lowest BCUT2D eigenvalue weighted by molar-refractivity contribution is 0.0978. The van der Waals surface area contributed by atoms with Crippen molar-refractivity contribution in [2.75, 3.05) is 0 Å². The van der Waals surface area contributed by atoms with Gasteiger partial charge in [0.1, 0.15) is 0 Å². The third kappa shape index (κ3) is 1.37. The summed E-state index contributed by atoms with van der Waals surface area (Å²) in [6.07, 6.45) is 0. The summed E-state index contributed by atoms with van der Waals surface area (Å²) < 4.78 is 0. The molecule has 0 saturated carbocycles. The Morgan fingerprint density at radius 1 is 0.833 bits per heavy atom. The van der Waals surface area contributed by atoms with Gasteiger partial charge in [-0.15, -0.1) is 12.6 Å². The van der Waals surface area contributed by atoms with Gasteiger partial charge in [0.25, 0.3) is 0 Å². The molecule has 0 aromatic heterocycles. The van der Waals surface area contributed by atoms with Gasteiger partial charge >= 0.3 is 0 Å². The van der Waals surface area contributed by atoms with Crippen LogP contribution < -0.4 is 0 Å². The van der Waals surface area contributed by atoms with E-state index in [-0.39, 0.29) is 11.6 Å². The summed E-state index contributed by atoms with van der Waals surface area (Å²) in [4.78, 5) is 25.5. The molecule has 3 rings (SSSR count). The lowest BCUT2D eigenvalue weighted by Crippen LogP contribution is -2.22. The number of rotatable bonds is 0. The van der Waals surface area contributed by atoms with Gasteiger partial charge in [-0.1, -0.05) is 24.3 Å². The third-order valence-corrected chi connectivity index (χ3v) is 3.81. The zero-order chi connectivity index (χ0) is 12.9. The number of fused-ring (bicyclic) bond motifs is 2. The fourth-order valence-electron chi connectivity index (χ4n) is 2.34. The van der Waals surface area contributed by atoms with Gasteiger partial charge in [0.2, 0.25) is 0 Å². The Morgan fingerprint density at radius 3 is 2.11 bits per heavy atom. The second kappa shape index (κ2) is 3.82. The van der Waals surface area contributed by atoms with E-state index in [1.54, 1.807) is 36.4 Å². The Balaban J connectivity index is 2.38. The molecule has 0 saturated heterocycles. The normalized spacial score (nSPS) is 13.2. The SMILES string of the molecule is Cc1c(S)ccc2c1C(=O)c1ccccc1C2=O. The highest BCUT2D eigenvalue weighted by Gasteiger charge is 2.30. The van der Waals surface area contributed by atoms with Crippen LogP contribution in [0.2, 0.25) is 0 Å². The highest BCUT2D eigenvalue weighted by Crippen LogP contribution is 2.31. The van der Waals surface area contributed by atoms with Crippen LogP contribution in [0.1, 0.15) is 37.4 Å². The minimum absolute atomic E-state index is 0.0865. The van der Waals surface area contributed by atoms with Crippen LogP contribution in [0.3, 0.4) is 0 Å². The van der Waals surface area contributed by atoms with Gasteiger partial charge in [-0.2, -0.15) is 0 Å². The first-order valence-electron chi connectivity index (χ1n) is 5.62. The van der Waals surface area contributed by atoms with Crippen molar-refractivity contribution in [3.63, 3.8) is 0 Å². The van der Waals surface area contributed by atoms with Crippen LogP contribution in [0, 0.1) is 6.92 Å². The molecule has 2 nitrogen and oxygen atoms in total. The summed E-state index contributed by atoms with van der Waals surface area (Å²) in [5.74, 6) is -0.176. The predicted molar refractivity (Wildman–Crippen MR) is 71.7 cm³/mol. The highest BCUT2D eigenvalue weighted by molar-refractivity contribution is 7.80. The van der Waals surface area contributed by atoms with Gasteiger partial charge in [-0.25, -0.2) is 0 Å². The van der Waals surface area contributed by atoms with Crippen molar-refractivity contribution in [2.24, 2.45) is 0 Å². The molecular formula is C15H10O2S. The van der Waals surface area contributed by atoms with E-state index < -0.39 is 0 Å². The number of hydrogen-bond donors (Lipinski definition) is 1. The molecule has 0 bridgehead atoms. The molecule has 2 aromatic rings. The molecule has 3 heteroatoms. The molecule has 0 unspecified atom stereocenters. The number of ketones is 2. The van der Waals surface area contributed by atoms with Crippen LogP contribution in [0.4, 0.5) is 0 Å². The Hall–Kier alpha value is -1.87. The third-order valence-electron chi connectivity index (χ3n) is 3.32. The van der Waals surface area contributed by atoms with Crippen LogP contribution in [-0.2, 0) is 0 Å². The molecule has 0 amide bonds. The molecule has 18 heavy (non-hydrogen) atoms. The second-order valence-corrected chi connectivity index (χ2v) is 4.82. The van der Waals surface area contributed by atoms with E-state index in [0.29, 0.717) is 22.3 Å². The lowest BCUT2D eigenvalue weighted by Gasteiger charge is -2.19. The Labute approximate surface area is 110 Å². The van der Waals surface area contributed by atoms with E-state index in [9.17, 15) is 9.59 Å². The van der Waals surface area contributed by atoms with Crippen molar-refractivity contribution in [3.8, 4) is 0 Å². The number of thiol groups is 1. The van der Waals surface area contributed by atoms with Crippen LogP contribution >= 0.6 is 12.6 Å². The van der Waals surface area contributed by atoms with Gasteiger partial charge in [0, 0.05) is 27.1 Å². The molecule has 88 valence electrons. The summed E-state index contributed by atoms with van der Waals surface area (Å²) in [6.45, 7) is 1.82. The fourth-order valence-corrected chi connectivity index (χ4v) is 2.53. The van der Waals surface area contributed by atoms with Crippen molar-refractivity contribution in [3.05, 3.63) is 64.2 Å². The molecule has 2 aromatic carbocycles. The fraction of sp³-hybridized carbons (Fsp3) is 0.0667. The van der Waals surface area contributed by atoms with Crippen LogP contribution in [-0.4, -0.2) is 11.6 Å². The van der Waals surface area contributed by atoms with Crippen molar-refractivity contribution in [1.29, 1.82) is 0 Å². The predicted octanol–water partition coefficient (Wildman–Crippen LogP) is 3.06. The molecule has 0 aliphatic heterocycles. The minimum Gasteiger partial charge on any atom is -0.289 e. The summed E-state index contributed by atoms with van der Waals surface area (Å²) in [6, 6.07) is 10.4. The van der Waals surface area contributed by atoms with Crippen molar-refractivity contribution < 1.29 is 9.59 Å². The summed E-state index contributed by atoms with van der Waals surface area (Å²) in [5, 5.41) is 0. The molecule has 0 N–H and O–H groups in total. The van der Waals surface area contributed by atoms with E-state index in [1.165, 1.54) is 0 Å². The standard InChI is InChI=1S/C15H10O2S/c1-8-12(18)7-6-11-13(8)15(17)10-5-3-2-4-9(10)14(11)16/h2-7,18H,1H3. The van der Waals surface area contributed by atoms with Crippen LogP contribution in [0.5, 0.6) is 0 Å². The summed E-state index contributed by atoms with van der Waals surface area (Å²) >= 11 is 4.31. The topological polar surface area (TPSA) is 34.1 Å². The van der Waals surface area contributed by atoms with E-state index in [2.05, 4.69) is 12.6 Å². The molecule has 1 aliphatic carbocycles. The Kier molecular flexibility index (Phi) is 2.38. The number of carbonyl (C=O) groups excluding carboxylic acids is 2. The van der Waals surface area contributed by atoms with Gasteiger partial charge in [-0.05, 0) is 24.6 Å². The van der Waals surface area contributed by atoms with Crippen molar-refractivity contribution in [2.45, 2.75) is 11.8 Å². The maximum Gasteiger partial charge on any atom is 0.194 e. The zero-order valence-electron chi connectivity index (χ0n) is 9.73. The van der Waals surface area contributed by atoms with Gasteiger partial charge < -0.3 is 0 Å². The Morgan fingerprint density at radius 2 is 1.44 bits per heavy atom. The molecular weight excluding hydrogens is 244 g/mol. The largest absolute Gasteiger partial charge is 0.289 e. The quantitative estimate of drug-likeness (QED) is 0.626. The van der Waals surface area contributed by atoms with E-state index in [4.69, 9.17) is 0 Å². The maximum absolute atomic E-state index is 12.4. The second-order valence-electron chi connectivity index (χ2n) is 4.34. The first-order chi connectivity index (χ1) is 8.61. The molecule has 0 radical (unpaired) electrons. The summed E-state index contributed by atoms with van der Waals surface area (Å²) in [5.41, 5.74) is 2.71. The molecule has 0 fully saturated rings. The summed E-state index contributed by atoms with van der Waals surface area (Å²) in [7, 11) is 0. The number of benzene rings is 2. The van der Waals surface area contributed by atoms with Gasteiger partial charge in [-0.3, -0.25) is 9.59 Å². The Bertz CT molecular complexity index is 702. The van der Waals surface area contributed by atoms with Crippen molar-refractivity contribution >= 4 is 24.2 Å². The van der Waals surface area contributed by atoms with Crippen LogP contribution in [0.15, 0.2) is 41.3 Å². The molecule has 1 aliphatic rings. The lowest BCUT2D eigenvalue weighted by atomic mass is 9.82. The zero-order valence-corrected chi connectivity index (χ0v) is 10.6. The molecule has 0 spiro atoms. The van der Waals surface area contributed by atoms with Gasteiger partial charge in [0.15, 0.2) is 11.6 Å². The van der Waals surface area contributed by atoms with E-state index in [0.717, 1.165) is 10.5 Å². The number of carbonyl (C=O) groups is 2. The van der Waals surface area contributed by atoms with E-state index in [1.807, 2.05) is 6.92 Å². The average molecular weight is 254 g/mol. The average Bonchev–Trinajstić information content (AvgIpc) is 2.39. The van der Waals surface area contributed by atoms with E-state index >= 15 is 0 Å². The number of hydrogen-bond acceptors (Lipinski definition) is 3. The smallest absolute Gasteiger partial charge is 0.194 e. The minimum atomic E-state index is -0.0893. The van der Waals surface area contributed by atoms with Crippen LogP contribution in [0.25, 0.3) is 0 Å². The molecule has 0 heterocycles. The first-order valence-corrected chi connectivity index (χ1v) is 6.07.